The number of benzene rings is 3. The van der Waals surface area contributed by atoms with Gasteiger partial charge in [-0.25, -0.2) is 0 Å². The lowest BCUT2D eigenvalue weighted by molar-refractivity contribution is -0.146. The van der Waals surface area contributed by atoms with Crippen LogP contribution in [0.2, 0.25) is 18.6 Å². The van der Waals surface area contributed by atoms with E-state index in [1.54, 1.807) is 9.58 Å². The second-order valence-corrected chi connectivity index (χ2v) is 20.4. The Hall–Kier alpha value is -4.69. The average Bonchev–Trinajstić information content (AvgIpc) is 3.85. The Balaban J connectivity index is 1.11. The Morgan fingerprint density at radius 3 is 2.20 bits per heavy atom. The molecule has 0 aliphatic carbocycles. The van der Waals surface area contributed by atoms with E-state index in [-0.39, 0.29) is 41.7 Å². The topological polar surface area (TPSA) is 141 Å². The number of rotatable bonds is 11. The lowest BCUT2D eigenvalue weighted by atomic mass is 9.82. The summed E-state index contributed by atoms with van der Waals surface area (Å²) in [6, 6.07) is 23.5. The van der Waals surface area contributed by atoms with Crippen molar-refractivity contribution in [3.8, 4) is 0 Å². The van der Waals surface area contributed by atoms with Crippen molar-refractivity contribution in [3.05, 3.63) is 101 Å². The molecular formula is C43H52N6O6Si. The first kappa shape index (κ1) is 38.2. The lowest BCUT2D eigenvalue weighted by Crippen LogP contribution is -2.46. The SMILES string of the molecule is C[C@H]1[C@H]([Si](C)(C)O)[C@@H](CCn2cc(C(CO)c3ccccc3)nn2)O[C@]12C(=O)N(Cc1ccc(N3CCCCC3=O)cc1)c1ccc(N3CCCCC3=O)cc12. The van der Waals surface area contributed by atoms with Crippen LogP contribution in [-0.2, 0) is 37.8 Å². The summed E-state index contributed by atoms with van der Waals surface area (Å²) in [4.78, 5) is 58.3. The molecule has 3 aromatic carbocycles. The standard InChI is InChI=1S/C43H52N6O6Si/c1-29-41(56(2,3)54)38(21-24-46-27-36(44-45-46)34(28-50)31-11-5-4-6-12-31)55-43(29)35-25-33(48-23-10-8-14-40(48)52)19-20-37(35)49(42(43)53)26-30-15-17-32(18-16-30)47-22-9-7-13-39(47)51/h4-6,11-12,15-20,25,27,29,34,38,41,50,54H,7-10,13-14,21-24,26,28H2,1-3H3/t29-,34?,38+,41-,43+/m0/s1. The molecule has 5 atom stereocenters. The van der Waals surface area contributed by atoms with Gasteiger partial charge in [-0.3, -0.25) is 19.1 Å². The quantitative estimate of drug-likeness (QED) is 0.180. The molecule has 1 aromatic heterocycles. The van der Waals surface area contributed by atoms with E-state index in [1.807, 2.05) is 109 Å². The number of piperidine rings is 2. The van der Waals surface area contributed by atoms with Gasteiger partial charge in [0.25, 0.3) is 5.91 Å². The lowest BCUT2D eigenvalue weighted by Gasteiger charge is -2.33. The van der Waals surface area contributed by atoms with Gasteiger partial charge >= 0.3 is 0 Å². The van der Waals surface area contributed by atoms with Gasteiger partial charge in [0.1, 0.15) is 0 Å². The summed E-state index contributed by atoms with van der Waals surface area (Å²) in [7, 11) is -2.95. The Labute approximate surface area is 329 Å². The van der Waals surface area contributed by atoms with Crippen molar-refractivity contribution in [2.75, 3.05) is 34.4 Å². The fraction of sp³-hybridized carbons (Fsp3) is 0.465. The van der Waals surface area contributed by atoms with E-state index in [9.17, 15) is 19.5 Å². The summed E-state index contributed by atoms with van der Waals surface area (Å²) in [6.07, 6.45) is 6.58. The van der Waals surface area contributed by atoms with Gasteiger partial charge in [-0.2, -0.15) is 0 Å². The summed E-state index contributed by atoms with van der Waals surface area (Å²) < 4.78 is 8.90. The normalized spacial score (nSPS) is 24.7. The van der Waals surface area contributed by atoms with Crippen LogP contribution in [0.3, 0.4) is 0 Å². The van der Waals surface area contributed by atoms with Crippen LogP contribution in [-0.4, -0.2) is 76.7 Å². The molecule has 56 heavy (non-hydrogen) atoms. The van der Waals surface area contributed by atoms with E-state index in [1.165, 1.54) is 0 Å². The van der Waals surface area contributed by atoms with Crippen LogP contribution >= 0.6 is 0 Å². The molecule has 1 unspecified atom stereocenters. The van der Waals surface area contributed by atoms with Crippen LogP contribution in [0.15, 0.2) is 79.0 Å². The maximum Gasteiger partial charge on any atom is 0.264 e. The molecule has 1 spiro atoms. The predicted octanol–water partition coefficient (Wildman–Crippen LogP) is 5.87. The van der Waals surface area contributed by atoms with E-state index in [2.05, 4.69) is 10.3 Å². The van der Waals surface area contributed by atoms with Gasteiger partial charge in [0.2, 0.25) is 11.8 Å². The first-order chi connectivity index (χ1) is 27.0. The van der Waals surface area contributed by atoms with E-state index in [4.69, 9.17) is 4.74 Å². The van der Waals surface area contributed by atoms with Crippen molar-refractivity contribution in [2.24, 2.45) is 5.92 Å². The Morgan fingerprint density at radius 1 is 0.893 bits per heavy atom. The number of aliphatic hydroxyl groups is 1. The minimum Gasteiger partial charge on any atom is -0.432 e. The molecule has 3 fully saturated rings. The molecule has 2 N–H and O–H groups in total. The largest absolute Gasteiger partial charge is 0.432 e. The molecular weight excluding hydrogens is 725 g/mol. The Morgan fingerprint density at radius 2 is 1.55 bits per heavy atom. The minimum atomic E-state index is -2.95. The van der Waals surface area contributed by atoms with Gasteiger partial charge in [-0.05, 0) is 86.7 Å². The number of amides is 3. The van der Waals surface area contributed by atoms with Gasteiger partial charge in [0.15, 0.2) is 13.9 Å². The van der Waals surface area contributed by atoms with Crippen LogP contribution in [0.1, 0.15) is 80.2 Å². The van der Waals surface area contributed by atoms with Crippen molar-refractivity contribution in [1.82, 2.24) is 15.0 Å². The molecule has 5 heterocycles. The van der Waals surface area contributed by atoms with E-state index in [0.717, 1.165) is 59.4 Å². The number of ether oxygens (including phenoxy) is 1. The van der Waals surface area contributed by atoms with Crippen LogP contribution in [0.4, 0.5) is 17.1 Å². The molecule has 4 aliphatic heterocycles. The molecule has 0 radical (unpaired) electrons. The third-order valence-corrected chi connectivity index (χ3v) is 15.0. The Bertz CT molecular complexity index is 2090. The van der Waals surface area contributed by atoms with E-state index >= 15 is 4.79 Å². The molecule has 4 aromatic rings. The Kier molecular flexibility index (Phi) is 10.5. The number of carbonyl (C=O) groups excluding carboxylic acids is 3. The number of carbonyl (C=O) groups is 3. The molecule has 3 amide bonds. The summed E-state index contributed by atoms with van der Waals surface area (Å²) >= 11 is 0. The fourth-order valence-electron chi connectivity index (χ4n) is 9.68. The third kappa shape index (κ3) is 6.88. The molecule has 0 bridgehead atoms. The van der Waals surface area contributed by atoms with Crippen molar-refractivity contribution in [2.45, 2.75) is 101 Å². The minimum absolute atomic E-state index is 0.0710. The van der Waals surface area contributed by atoms with Gasteiger partial charge in [-0.1, -0.05) is 54.6 Å². The molecule has 3 saturated heterocycles. The highest BCUT2D eigenvalue weighted by molar-refractivity contribution is 6.71. The number of aryl methyl sites for hydroxylation is 1. The van der Waals surface area contributed by atoms with Crippen molar-refractivity contribution in [1.29, 1.82) is 0 Å². The molecule has 8 rings (SSSR count). The van der Waals surface area contributed by atoms with Crippen LogP contribution in [0, 0.1) is 5.92 Å². The van der Waals surface area contributed by atoms with E-state index < -0.39 is 20.0 Å². The van der Waals surface area contributed by atoms with Crippen LogP contribution in [0.5, 0.6) is 0 Å². The van der Waals surface area contributed by atoms with Crippen molar-refractivity contribution in [3.63, 3.8) is 0 Å². The molecule has 294 valence electrons. The second-order valence-electron chi connectivity index (χ2n) is 16.5. The highest BCUT2D eigenvalue weighted by atomic mass is 28.4. The van der Waals surface area contributed by atoms with Crippen molar-refractivity contribution < 1.29 is 29.0 Å². The highest BCUT2D eigenvalue weighted by Crippen LogP contribution is 2.60. The number of aromatic nitrogens is 3. The van der Waals surface area contributed by atoms with Crippen LogP contribution < -0.4 is 14.7 Å². The number of nitrogens with zero attached hydrogens (tertiary/aromatic N) is 6. The summed E-state index contributed by atoms with van der Waals surface area (Å²) in [6.45, 7) is 7.81. The monoisotopic (exact) mass is 776 g/mol. The van der Waals surface area contributed by atoms with Gasteiger partial charge in [0.05, 0.1) is 36.6 Å². The number of hydrogen-bond donors (Lipinski definition) is 2. The molecule has 4 aliphatic rings. The smallest absolute Gasteiger partial charge is 0.264 e. The number of hydrogen-bond acceptors (Lipinski definition) is 8. The van der Waals surface area contributed by atoms with Crippen LogP contribution in [0.25, 0.3) is 0 Å². The summed E-state index contributed by atoms with van der Waals surface area (Å²) in [5.41, 5.74) is 3.93. The fourth-order valence-corrected chi connectivity index (χ4v) is 12.3. The second kappa shape index (κ2) is 15.3. The molecule has 13 heteroatoms. The zero-order valence-electron chi connectivity index (χ0n) is 32.5. The summed E-state index contributed by atoms with van der Waals surface area (Å²) in [5.74, 6) is -0.661. The van der Waals surface area contributed by atoms with Gasteiger partial charge in [0, 0.05) is 67.1 Å². The van der Waals surface area contributed by atoms with E-state index in [0.29, 0.717) is 51.1 Å². The zero-order valence-corrected chi connectivity index (χ0v) is 33.5. The third-order valence-electron chi connectivity index (χ3n) is 12.5. The predicted molar refractivity (Wildman–Crippen MR) is 216 cm³/mol. The number of aliphatic hydroxyl groups excluding tert-OH is 1. The number of anilines is 3. The maximum absolute atomic E-state index is 15.2. The first-order valence-electron chi connectivity index (χ1n) is 20.1. The summed E-state index contributed by atoms with van der Waals surface area (Å²) in [5, 5.41) is 19.0. The van der Waals surface area contributed by atoms with Gasteiger partial charge < -0.3 is 29.3 Å². The van der Waals surface area contributed by atoms with Gasteiger partial charge in [-0.15, -0.1) is 5.10 Å². The zero-order chi connectivity index (χ0) is 39.2. The molecule has 12 nitrogen and oxygen atoms in total. The average molecular weight is 777 g/mol. The first-order valence-corrected chi connectivity index (χ1v) is 23.1. The highest BCUT2D eigenvalue weighted by Gasteiger charge is 2.66. The number of fused-ring (bicyclic) bond motifs is 2. The van der Waals surface area contributed by atoms with Crippen molar-refractivity contribution >= 4 is 43.1 Å². The maximum atomic E-state index is 15.2. The molecule has 0 saturated carbocycles.